The molecule has 4 nitrogen and oxygen atoms in total. The standard InChI is InChI=1S/C9H6O2.C9H10O.C5H11N/c10-9-6-5-7-3-1-2-4-8(7)11-9;1-2-6-9-8(4-1)5-3-7-10-9;1-2-4-6-5-3-1/h1-6H;1-2,4,6H,3,5,7H2;6H,1-5H2. The predicted molar refractivity (Wildman–Crippen MR) is 109 cm³/mol. The number of benzene rings is 2. The van der Waals surface area contributed by atoms with Crippen LogP contribution in [0.3, 0.4) is 0 Å². The molecule has 27 heavy (non-hydrogen) atoms. The Morgan fingerprint density at radius 3 is 2.30 bits per heavy atom. The monoisotopic (exact) mass is 365 g/mol. The first kappa shape index (κ1) is 19.2. The van der Waals surface area contributed by atoms with Crippen molar-refractivity contribution in [2.24, 2.45) is 0 Å². The molecule has 1 aromatic heterocycles. The highest BCUT2D eigenvalue weighted by Gasteiger charge is 2.07. The summed E-state index contributed by atoms with van der Waals surface area (Å²) in [6, 6.07) is 18.8. The molecule has 2 aromatic carbocycles. The summed E-state index contributed by atoms with van der Waals surface area (Å²) in [7, 11) is 0. The summed E-state index contributed by atoms with van der Waals surface area (Å²) >= 11 is 0. The quantitative estimate of drug-likeness (QED) is 0.593. The molecular formula is C23H27NO3. The zero-order valence-corrected chi connectivity index (χ0v) is 15.7. The van der Waals surface area contributed by atoms with Crippen LogP contribution in [-0.2, 0) is 6.42 Å². The van der Waals surface area contributed by atoms with E-state index in [4.69, 9.17) is 9.15 Å². The number of ether oxygens (including phenoxy) is 1. The van der Waals surface area contributed by atoms with Crippen molar-refractivity contribution in [3.63, 3.8) is 0 Å². The van der Waals surface area contributed by atoms with Crippen molar-refractivity contribution in [3.8, 4) is 5.75 Å². The molecule has 3 heterocycles. The first-order chi connectivity index (χ1) is 13.3. The molecule has 0 saturated carbocycles. The molecule has 4 heteroatoms. The number of fused-ring (bicyclic) bond motifs is 2. The lowest BCUT2D eigenvalue weighted by molar-refractivity contribution is 0.288. The highest BCUT2D eigenvalue weighted by molar-refractivity contribution is 5.75. The van der Waals surface area contributed by atoms with Gasteiger partial charge in [0, 0.05) is 11.5 Å². The number of piperidine rings is 1. The van der Waals surface area contributed by atoms with Gasteiger partial charge in [0.2, 0.25) is 0 Å². The van der Waals surface area contributed by atoms with Crippen LogP contribution in [0.25, 0.3) is 11.0 Å². The van der Waals surface area contributed by atoms with Crippen LogP contribution in [0.15, 0.2) is 69.9 Å². The molecule has 0 aliphatic carbocycles. The minimum absolute atomic E-state index is 0.302. The van der Waals surface area contributed by atoms with E-state index < -0.39 is 0 Å². The van der Waals surface area contributed by atoms with Crippen LogP contribution in [0.4, 0.5) is 0 Å². The Hall–Kier alpha value is -2.59. The molecule has 3 aromatic rings. The van der Waals surface area contributed by atoms with Crippen molar-refractivity contribution < 1.29 is 9.15 Å². The maximum absolute atomic E-state index is 10.7. The van der Waals surface area contributed by atoms with E-state index in [1.54, 1.807) is 12.1 Å². The van der Waals surface area contributed by atoms with E-state index in [1.165, 1.54) is 50.4 Å². The number of hydrogen-bond donors (Lipinski definition) is 1. The molecule has 1 N–H and O–H groups in total. The van der Waals surface area contributed by atoms with Gasteiger partial charge in [-0.25, -0.2) is 4.79 Å². The number of aryl methyl sites for hydroxylation is 1. The average Bonchev–Trinajstić information content (AvgIpc) is 2.76. The molecule has 1 fully saturated rings. The van der Waals surface area contributed by atoms with Crippen LogP contribution in [0.2, 0.25) is 0 Å². The maximum atomic E-state index is 10.7. The summed E-state index contributed by atoms with van der Waals surface area (Å²) in [5.74, 6) is 1.08. The molecule has 142 valence electrons. The lowest BCUT2D eigenvalue weighted by atomic mass is 10.1. The molecule has 0 atom stereocenters. The minimum atomic E-state index is -0.302. The molecular weight excluding hydrogens is 338 g/mol. The molecule has 0 amide bonds. The van der Waals surface area contributed by atoms with Gasteiger partial charge in [0.1, 0.15) is 11.3 Å². The Labute approximate surface area is 160 Å². The molecule has 0 spiro atoms. The van der Waals surface area contributed by atoms with Crippen molar-refractivity contribution >= 4 is 11.0 Å². The number of para-hydroxylation sites is 2. The second-order valence-electron chi connectivity index (χ2n) is 6.66. The van der Waals surface area contributed by atoms with Crippen LogP contribution in [0.5, 0.6) is 5.75 Å². The summed E-state index contributed by atoms with van der Waals surface area (Å²) in [6.07, 6.45) is 6.56. The molecule has 0 bridgehead atoms. The lowest BCUT2D eigenvalue weighted by Crippen LogP contribution is -2.21. The molecule has 0 radical (unpaired) electrons. The Bertz CT molecular complexity index is 847. The van der Waals surface area contributed by atoms with Crippen LogP contribution < -0.4 is 15.7 Å². The highest BCUT2D eigenvalue weighted by Crippen LogP contribution is 2.23. The van der Waals surface area contributed by atoms with Gasteiger partial charge < -0.3 is 14.5 Å². The van der Waals surface area contributed by atoms with Gasteiger partial charge in [-0.1, -0.05) is 42.8 Å². The zero-order valence-electron chi connectivity index (χ0n) is 15.7. The first-order valence-electron chi connectivity index (χ1n) is 9.73. The number of rotatable bonds is 0. The molecule has 2 aliphatic rings. The molecule has 0 unspecified atom stereocenters. The topological polar surface area (TPSA) is 51.5 Å². The Balaban J connectivity index is 0.000000122. The highest BCUT2D eigenvalue weighted by atomic mass is 16.5. The number of hydrogen-bond acceptors (Lipinski definition) is 4. The second kappa shape index (κ2) is 10.5. The van der Waals surface area contributed by atoms with Crippen molar-refractivity contribution in [3.05, 3.63) is 76.6 Å². The van der Waals surface area contributed by atoms with E-state index in [9.17, 15) is 4.79 Å². The Kier molecular flexibility index (Phi) is 7.48. The van der Waals surface area contributed by atoms with Gasteiger partial charge in [0.15, 0.2) is 0 Å². The fourth-order valence-electron chi connectivity index (χ4n) is 3.11. The average molecular weight is 365 g/mol. The van der Waals surface area contributed by atoms with Crippen molar-refractivity contribution in [2.75, 3.05) is 19.7 Å². The largest absolute Gasteiger partial charge is 0.493 e. The van der Waals surface area contributed by atoms with Gasteiger partial charge in [0.05, 0.1) is 6.61 Å². The minimum Gasteiger partial charge on any atom is -0.493 e. The van der Waals surface area contributed by atoms with E-state index in [0.717, 1.165) is 24.2 Å². The van der Waals surface area contributed by atoms with E-state index in [0.29, 0.717) is 5.58 Å². The van der Waals surface area contributed by atoms with Gasteiger partial charge in [-0.05, 0) is 62.5 Å². The van der Waals surface area contributed by atoms with Gasteiger partial charge >= 0.3 is 5.63 Å². The zero-order chi connectivity index (χ0) is 18.7. The van der Waals surface area contributed by atoms with Gasteiger partial charge in [-0.15, -0.1) is 0 Å². The van der Waals surface area contributed by atoms with E-state index in [1.807, 2.05) is 30.3 Å². The number of nitrogens with one attached hydrogen (secondary N) is 1. The van der Waals surface area contributed by atoms with Crippen LogP contribution >= 0.6 is 0 Å². The second-order valence-corrected chi connectivity index (χ2v) is 6.66. The van der Waals surface area contributed by atoms with Gasteiger partial charge in [0.25, 0.3) is 0 Å². The Morgan fingerprint density at radius 2 is 1.56 bits per heavy atom. The van der Waals surface area contributed by atoms with Crippen molar-refractivity contribution in [1.29, 1.82) is 0 Å². The molecule has 1 saturated heterocycles. The first-order valence-corrected chi connectivity index (χ1v) is 9.73. The lowest BCUT2D eigenvalue weighted by Gasteiger charge is -2.15. The van der Waals surface area contributed by atoms with Crippen LogP contribution in [0.1, 0.15) is 31.2 Å². The van der Waals surface area contributed by atoms with Gasteiger partial charge in [-0.3, -0.25) is 0 Å². The summed E-state index contributed by atoms with van der Waals surface area (Å²) in [5, 5.41) is 4.24. The molecule has 5 rings (SSSR count). The van der Waals surface area contributed by atoms with E-state index in [2.05, 4.69) is 17.4 Å². The molecule has 2 aliphatic heterocycles. The SMILES string of the molecule is C1CCNCC1.O=c1ccc2ccccc2o1.c1ccc2c(c1)CCCO2. The van der Waals surface area contributed by atoms with Gasteiger partial charge in [-0.2, -0.15) is 0 Å². The van der Waals surface area contributed by atoms with Crippen LogP contribution in [0, 0.1) is 0 Å². The third-order valence-electron chi connectivity index (χ3n) is 4.56. The fourth-order valence-corrected chi connectivity index (χ4v) is 3.11. The summed E-state index contributed by atoms with van der Waals surface area (Å²) in [5.41, 5.74) is 1.69. The van der Waals surface area contributed by atoms with Crippen LogP contribution in [-0.4, -0.2) is 19.7 Å². The fraction of sp³-hybridized carbons (Fsp3) is 0.348. The third kappa shape index (κ3) is 6.26. The maximum Gasteiger partial charge on any atom is 0.336 e. The van der Waals surface area contributed by atoms with E-state index >= 15 is 0 Å². The normalized spacial score (nSPS) is 15.3. The summed E-state index contributed by atoms with van der Waals surface area (Å²) < 4.78 is 10.3. The Morgan fingerprint density at radius 1 is 0.778 bits per heavy atom. The summed E-state index contributed by atoms with van der Waals surface area (Å²) in [6.45, 7) is 3.39. The van der Waals surface area contributed by atoms with Crippen molar-refractivity contribution in [2.45, 2.75) is 32.1 Å². The third-order valence-corrected chi connectivity index (χ3v) is 4.56. The van der Waals surface area contributed by atoms with Crippen molar-refractivity contribution in [1.82, 2.24) is 5.32 Å². The van der Waals surface area contributed by atoms with E-state index in [-0.39, 0.29) is 5.63 Å². The smallest absolute Gasteiger partial charge is 0.336 e. The summed E-state index contributed by atoms with van der Waals surface area (Å²) in [4.78, 5) is 10.7. The predicted octanol–water partition coefficient (Wildman–Crippen LogP) is 4.56.